The van der Waals surface area contributed by atoms with E-state index in [-0.39, 0.29) is 0 Å². The van der Waals surface area contributed by atoms with Crippen LogP contribution in [0.3, 0.4) is 0 Å². The topological polar surface area (TPSA) is 43.8 Å². The van der Waals surface area contributed by atoms with Gasteiger partial charge in [0.2, 0.25) is 5.95 Å². The molecule has 0 saturated carbocycles. The molecule has 0 amide bonds. The standard InChI is InChI=1S/C17H19N3/c1-12-6-3-4-8-14(12)10-11-20-15-9-5-7-13(2)16(15)19-17(20)18/h3-9H,10-11H2,1-2H3,(H2,18,19). The largest absolute Gasteiger partial charge is 0.369 e. The van der Waals surface area contributed by atoms with Crippen LogP contribution in [0.5, 0.6) is 0 Å². The lowest BCUT2D eigenvalue weighted by Gasteiger charge is -2.09. The number of fused-ring (bicyclic) bond motifs is 1. The number of rotatable bonds is 3. The van der Waals surface area contributed by atoms with E-state index in [2.05, 4.69) is 65.9 Å². The van der Waals surface area contributed by atoms with Gasteiger partial charge in [-0.2, -0.15) is 0 Å². The van der Waals surface area contributed by atoms with E-state index in [1.165, 1.54) is 16.7 Å². The molecule has 0 spiro atoms. The predicted octanol–water partition coefficient (Wildman–Crippen LogP) is 3.48. The van der Waals surface area contributed by atoms with E-state index in [4.69, 9.17) is 5.73 Å². The summed E-state index contributed by atoms with van der Waals surface area (Å²) in [5, 5.41) is 0. The number of para-hydroxylation sites is 1. The lowest BCUT2D eigenvalue weighted by molar-refractivity contribution is 0.723. The predicted molar refractivity (Wildman–Crippen MR) is 83.8 cm³/mol. The second kappa shape index (κ2) is 5.00. The molecular weight excluding hydrogens is 246 g/mol. The summed E-state index contributed by atoms with van der Waals surface area (Å²) in [6.45, 7) is 5.08. The van der Waals surface area contributed by atoms with Crippen molar-refractivity contribution in [2.45, 2.75) is 26.8 Å². The highest BCUT2D eigenvalue weighted by atomic mass is 15.1. The van der Waals surface area contributed by atoms with Gasteiger partial charge in [-0.3, -0.25) is 0 Å². The fourth-order valence-corrected chi connectivity index (χ4v) is 2.66. The summed E-state index contributed by atoms with van der Waals surface area (Å²) in [5.74, 6) is 0.600. The van der Waals surface area contributed by atoms with Gasteiger partial charge in [0.05, 0.1) is 11.0 Å². The molecular formula is C17H19N3. The van der Waals surface area contributed by atoms with Crippen molar-refractivity contribution in [3.05, 3.63) is 59.2 Å². The number of hydrogen-bond donors (Lipinski definition) is 1. The maximum absolute atomic E-state index is 6.08. The Hall–Kier alpha value is -2.29. The number of benzene rings is 2. The highest BCUT2D eigenvalue weighted by Crippen LogP contribution is 2.21. The Morgan fingerprint density at radius 3 is 2.55 bits per heavy atom. The Balaban J connectivity index is 1.94. The number of aromatic nitrogens is 2. The van der Waals surface area contributed by atoms with Gasteiger partial charge in [-0.15, -0.1) is 0 Å². The zero-order chi connectivity index (χ0) is 14.1. The van der Waals surface area contributed by atoms with Gasteiger partial charge in [-0.05, 0) is 43.0 Å². The van der Waals surface area contributed by atoms with Crippen LogP contribution in [0.25, 0.3) is 11.0 Å². The average Bonchev–Trinajstić information content (AvgIpc) is 2.76. The van der Waals surface area contributed by atoms with Crippen LogP contribution in [0.1, 0.15) is 16.7 Å². The Labute approximate surface area is 119 Å². The van der Waals surface area contributed by atoms with Crippen molar-refractivity contribution in [3.63, 3.8) is 0 Å². The highest BCUT2D eigenvalue weighted by molar-refractivity contribution is 5.81. The average molecular weight is 265 g/mol. The molecule has 1 aromatic heterocycles. The van der Waals surface area contributed by atoms with Crippen molar-refractivity contribution in [2.75, 3.05) is 5.73 Å². The highest BCUT2D eigenvalue weighted by Gasteiger charge is 2.09. The minimum Gasteiger partial charge on any atom is -0.369 e. The van der Waals surface area contributed by atoms with Crippen molar-refractivity contribution < 1.29 is 0 Å². The second-order valence-electron chi connectivity index (χ2n) is 5.24. The number of imidazole rings is 1. The van der Waals surface area contributed by atoms with Crippen LogP contribution in [0, 0.1) is 13.8 Å². The van der Waals surface area contributed by atoms with Gasteiger partial charge >= 0.3 is 0 Å². The Morgan fingerprint density at radius 1 is 1.00 bits per heavy atom. The normalized spacial score (nSPS) is 11.1. The number of nitrogens with two attached hydrogens (primary N) is 1. The van der Waals surface area contributed by atoms with Crippen LogP contribution in [0.15, 0.2) is 42.5 Å². The minimum atomic E-state index is 0.600. The lowest BCUT2D eigenvalue weighted by Crippen LogP contribution is -2.06. The molecule has 102 valence electrons. The molecule has 1 heterocycles. The third kappa shape index (κ3) is 2.16. The molecule has 0 aliphatic heterocycles. The summed E-state index contributed by atoms with van der Waals surface area (Å²) < 4.78 is 2.11. The second-order valence-corrected chi connectivity index (χ2v) is 5.24. The molecule has 3 aromatic rings. The van der Waals surface area contributed by atoms with Gasteiger partial charge in [0, 0.05) is 6.54 Å². The van der Waals surface area contributed by atoms with E-state index in [1.54, 1.807) is 0 Å². The number of anilines is 1. The fraction of sp³-hybridized carbons (Fsp3) is 0.235. The zero-order valence-electron chi connectivity index (χ0n) is 11.9. The number of aryl methyl sites for hydroxylation is 4. The molecule has 0 atom stereocenters. The van der Waals surface area contributed by atoms with Crippen LogP contribution in [0.4, 0.5) is 5.95 Å². The summed E-state index contributed by atoms with van der Waals surface area (Å²) in [6, 6.07) is 14.7. The first-order valence-corrected chi connectivity index (χ1v) is 6.92. The molecule has 0 aliphatic carbocycles. The smallest absolute Gasteiger partial charge is 0.201 e. The molecule has 0 radical (unpaired) electrons. The van der Waals surface area contributed by atoms with Gasteiger partial charge < -0.3 is 10.3 Å². The van der Waals surface area contributed by atoms with Gasteiger partial charge in [0.25, 0.3) is 0 Å². The molecule has 0 fully saturated rings. The van der Waals surface area contributed by atoms with Crippen molar-refractivity contribution >= 4 is 17.0 Å². The summed E-state index contributed by atoms with van der Waals surface area (Å²) in [6.07, 6.45) is 0.969. The number of nitrogen functional groups attached to an aromatic ring is 1. The van der Waals surface area contributed by atoms with E-state index in [0.29, 0.717) is 5.95 Å². The van der Waals surface area contributed by atoms with E-state index < -0.39 is 0 Å². The molecule has 3 nitrogen and oxygen atoms in total. The SMILES string of the molecule is Cc1ccccc1CCn1c(N)nc2c(C)cccc21. The van der Waals surface area contributed by atoms with Crippen molar-refractivity contribution in [1.82, 2.24) is 9.55 Å². The first kappa shape index (κ1) is 12.7. The molecule has 2 N–H and O–H groups in total. The maximum Gasteiger partial charge on any atom is 0.201 e. The van der Waals surface area contributed by atoms with Gasteiger partial charge in [0.1, 0.15) is 0 Å². The fourth-order valence-electron chi connectivity index (χ4n) is 2.66. The van der Waals surface area contributed by atoms with Crippen LogP contribution in [-0.4, -0.2) is 9.55 Å². The van der Waals surface area contributed by atoms with E-state index in [1.807, 2.05) is 0 Å². The molecule has 2 aromatic carbocycles. The number of nitrogens with zero attached hydrogens (tertiary/aromatic N) is 2. The Bertz CT molecular complexity index is 756. The maximum atomic E-state index is 6.08. The van der Waals surface area contributed by atoms with Crippen LogP contribution in [-0.2, 0) is 13.0 Å². The van der Waals surface area contributed by atoms with E-state index in [0.717, 1.165) is 24.0 Å². The monoisotopic (exact) mass is 265 g/mol. The first-order chi connectivity index (χ1) is 9.66. The summed E-state index contributed by atoms with van der Waals surface area (Å²) in [5.41, 5.74) is 12.1. The third-order valence-electron chi connectivity index (χ3n) is 3.88. The third-order valence-corrected chi connectivity index (χ3v) is 3.88. The number of hydrogen-bond acceptors (Lipinski definition) is 2. The van der Waals surface area contributed by atoms with E-state index in [9.17, 15) is 0 Å². The quantitative estimate of drug-likeness (QED) is 0.788. The van der Waals surface area contributed by atoms with Crippen LogP contribution < -0.4 is 5.73 Å². The van der Waals surface area contributed by atoms with Crippen molar-refractivity contribution in [3.8, 4) is 0 Å². The summed E-state index contributed by atoms with van der Waals surface area (Å²) in [4.78, 5) is 4.49. The van der Waals surface area contributed by atoms with Gasteiger partial charge in [-0.25, -0.2) is 4.98 Å². The molecule has 0 bridgehead atoms. The lowest BCUT2D eigenvalue weighted by atomic mass is 10.1. The van der Waals surface area contributed by atoms with Crippen LogP contribution >= 0.6 is 0 Å². The molecule has 20 heavy (non-hydrogen) atoms. The molecule has 3 rings (SSSR count). The van der Waals surface area contributed by atoms with Gasteiger partial charge in [0.15, 0.2) is 0 Å². The van der Waals surface area contributed by atoms with Crippen molar-refractivity contribution in [2.24, 2.45) is 0 Å². The van der Waals surface area contributed by atoms with Crippen LogP contribution in [0.2, 0.25) is 0 Å². The minimum absolute atomic E-state index is 0.600. The van der Waals surface area contributed by atoms with E-state index >= 15 is 0 Å². The zero-order valence-corrected chi connectivity index (χ0v) is 11.9. The molecule has 3 heteroatoms. The Morgan fingerprint density at radius 2 is 1.75 bits per heavy atom. The van der Waals surface area contributed by atoms with Crippen molar-refractivity contribution in [1.29, 1.82) is 0 Å². The first-order valence-electron chi connectivity index (χ1n) is 6.92. The molecule has 0 aliphatic rings. The molecule has 0 saturated heterocycles. The van der Waals surface area contributed by atoms with Gasteiger partial charge in [-0.1, -0.05) is 36.4 Å². The summed E-state index contributed by atoms with van der Waals surface area (Å²) >= 11 is 0. The Kier molecular flexibility index (Phi) is 3.18. The molecule has 0 unspecified atom stereocenters. The summed E-state index contributed by atoms with van der Waals surface area (Å²) in [7, 11) is 0.